The number of likely N-dealkylation sites (N-methyl/N-ethyl adjacent to an activating group) is 1. The fourth-order valence-electron chi connectivity index (χ4n) is 5.12. The van der Waals surface area contributed by atoms with E-state index in [0.717, 1.165) is 33.5 Å². The highest BCUT2D eigenvalue weighted by Gasteiger charge is 2.66. The second-order valence-electron chi connectivity index (χ2n) is 7.78. The monoisotopic (exact) mass is 425 g/mol. The van der Waals surface area contributed by atoms with Gasteiger partial charge in [-0.15, -0.1) is 23.5 Å². The van der Waals surface area contributed by atoms with Gasteiger partial charge in [0, 0.05) is 46.6 Å². The largest absolute Gasteiger partial charge is 0.326 e. The topological polar surface area (TPSA) is 52.7 Å². The highest BCUT2D eigenvalue weighted by Crippen LogP contribution is 2.57. The van der Waals surface area contributed by atoms with E-state index < -0.39 is 11.5 Å². The predicted molar refractivity (Wildman–Crippen MR) is 119 cm³/mol. The van der Waals surface area contributed by atoms with E-state index in [1.807, 2.05) is 73.6 Å². The van der Waals surface area contributed by atoms with Gasteiger partial charge in [-0.05, 0) is 36.9 Å². The van der Waals surface area contributed by atoms with Crippen LogP contribution < -0.4 is 10.2 Å². The van der Waals surface area contributed by atoms with E-state index in [-0.39, 0.29) is 17.9 Å². The highest BCUT2D eigenvalue weighted by molar-refractivity contribution is 7.99. The molecule has 5 rings (SSSR count). The minimum atomic E-state index is -0.902. The standard InChI is InChI=1S/C22H23N3O2S2/c1-24-19-9-4-3-8-17(19)22(21(24)27)18(11-15-12-29-13-25(15)22)20(26)23-14-6-5-7-16(10-14)28-2/h3-10,15,18H,11-13H2,1-2H3,(H,23,26)/t15-,18+,22-/m1/s1. The molecule has 1 N–H and O–H groups in total. The van der Waals surface area contributed by atoms with Gasteiger partial charge in [0.2, 0.25) is 5.91 Å². The lowest BCUT2D eigenvalue weighted by Gasteiger charge is -2.36. The van der Waals surface area contributed by atoms with Gasteiger partial charge in [0.1, 0.15) is 5.54 Å². The number of anilines is 2. The fourth-order valence-corrected chi connectivity index (χ4v) is 6.88. The van der Waals surface area contributed by atoms with Gasteiger partial charge in [-0.25, -0.2) is 0 Å². The second-order valence-corrected chi connectivity index (χ2v) is 9.66. The minimum absolute atomic E-state index is 0.0155. The average Bonchev–Trinajstić information content (AvgIpc) is 3.38. The van der Waals surface area contributed by atoms with Crippen molar-refractivity contribution >= 4 is 46.7 Å². The van der Waals surface area contributed by atoms with Crippen molar-refractivity contribution in [3.8, 4) is 0 Å². The number of benzene rings is 2. The van der Waals surface area contributed by atoms with Crippen molar-refractivity contribution in [2.75, 3.05) is 35.1 Å². The predicted octanol–water partition coefficient (Wildman–Crippen LogP) is 3.61. The molecule has 0 radical (unpaired) electrons. The molecule has 2 fully saturated rings. The number of hydrogen-bond acceptors (Lipinski definition) is 5. The molecule has 1 spiro atoms. The van der Waals surface area contributed by atoms with Crippen LogP contribution in [0.15, 0.2) is 53.4 Å². The van der Waals surface area contributed by atoms with Gasteiger partial charge in [-0.2, -0.15) is 0 Å². The van der Waals surface area contributed by atoms with Crippen LogP contribution in [0.2, 0.25) is 0 Å². The fraction of sp³-hybridized carbons (Fsp3) is 0.364. The van der Waals surface area contributed by atoms with E-state index in [0.29, 0.717) is 6.42 Å². The van der Waals surface area contributed by atoms with Crippen LogP contribution >= 0.6 is 23.5 Å². The lowest BCUT2D eigenvalue weighted by Crippen LogP contribution is -2.54. The molecule has 0 unspecified atom stereocenters. The molecule has 3 aliphatic rings. The molecular formula is C22H23N3O2S2. The van der Waals surface area contributed by atoms with E-state index in [4.69, 9.17) is 0 Å². The van der Waals surface area contributed by atoms with Gasteiger partial charge in [-0.3, -0.25) is 14.5 Å². The molecular weight excluding hydrogens is 402 g/mol. The molecule has 5 nitrogen and oxygen atoms in total. The molecule has 7 heteroatoms. The zero-order valence-corrected chi connectivity index (χ0v) is 18.1. The van der Waals surface area contributed by atoms with Crippen molar-refractivity contribution < 1.29 is 9.59 Å². The number of rotatable bonds is 3. The quantitative estimate of drug-likeness (QED) is 0.762. The maximum Gasteiger partial charge on any atom is 0.252 e. The Balaban J connectivity index is 1.57. The summed E-state index contributed by atoms with van der Waals surface area (Å²) < 4.78 is 0. The molecule has 3 atom stereocenters. The van der Waals surface area contributed by atoms with Crippen molar-refractivity contribution in [2.45, 2.75) is 22.9 Å². The van der Waals surface area contributed by atoms with Crippen molar-refractivity contribution in [3.63, 3.8) is 0 Å². The molecule has 2 amide bonds. The molecule has 0 aliphatic carbocycles. The highest BCUT2D eigenvalue weighted by atomic mass is 32.2. The summed E-state index contributed by atoms with van der Waals surface area (Å²) in [6.45, 7) is 0. The Bertz CT molecular complexity index is 998. The summed E-state index contributed by atoms with van der Waals surface area (Å²) in [6, 6.07) is 16.0. The molecule has 3 aliphatic heterocycles. The maximum atomic E-state index is 13.7. The molecule has 150 valence electrons. The lowest BCUT2D eigenvalue weighted by molar-refractivity contribution is -0.136. The van der Waals surface area contributed by atoms with E-state index in [1.54, 1.807) is 16.7 Å². The van der Waals surface area contributed by atoms with Gasteiger partial charge in [0.15, 0.2) is 0 Å². The Morgan fingerprint density at radius 1 is 1.24 bits per heavy atom. The molecule has 0 bridgehead atoms. The number of carbonyl (C=O) groups is 2. The van der Waals surface area contributed by atoms with E-state index in [9.17, 15) is 9.59 Å². The number of nitrogens with zero attached hydrogens (tertiary/aromatic N) is 2. The zero-order valence-electron chi connectivity index (χ0n) is 16.4. The Labute approximate surface area is 179 Å². The summed E-state index contributed by atoms with van der Waals surface area (Å²) in [4.78, 5) is 32.3. The first kappa shape index (κ1) is 19.0. The van der Waals surface area contributed by atoms with Crippen molar-refractivity contribution in [1.29, 1.82) is 0 Å². The summed E-state index contributed by atoms with van der Waals surface area (Å²) in [7, 11) is 1.82. The minimum Gasteiger partial charge on any atom is -0.326 e. The summed E-state index contributed by atoms with van der Waals surface area (Å²) in [5, 5.41) is 3.11. The van der Waals surface area contributed by atoms with Crippen LogP contribution in [0.4, 0.5) is 11.4 Å². The third-order valence-electron chi connectivity index (χ3n) is 6.41. The Hall–Kier alpha value is -1.96. The first-order valence-corrected chi connectivity index (χ1v) is 12.1. The number of hydrogen-bond donors (Lipinski definition) is 1. The van der Waals surface area contributed by atoms with Gasteiger partial charge in [-0.1, -0.05) is 24.3 Å². The lowest BCUT2D eigenvalue weighted by atomic mass is 9.79. The summed E-state index contributed by atoms with van der Waals surface area (Å²) in [5.41, 5.74) is 1.76. The number of carbonyl (C=O) groups excluding carboxylic acids is 2. The second kappa shape index (κ2) is 7.07. The van der Waals surface area contributed by atoms with Crippen LogP contribution in [0.1, 0.15) is 12.0 Å². The number of thioether (sulfide) groups is 2. The summed E-state index contributed by atoms with van der Waals surface area (Å²) in [5.74, 6) is 1.28. The molecule has 29 heavy (non-hydrogen) atoms. The van der Waals surface area contributed by atoms with Crippen LogP contribution in [-0.2, 0) is 15.1 Å². The first-order chi connectivity index (χ1) is 14.1. The van der Waals surface area contributed by atoms with Crippen molar-refractivity contribution in [3.05, 3.63) is 54.1 Å². The van der Waals surface area contributed by atoms with Crippen LogP contribution in [0.3, 0.4) is 0 Å². The van der Waals surface area contributed by atoms with E-state index in [1.165, 1.54) is 0 Å². The molecule has 2 saturated heterocycles. The Kier molecular flexibility index (Phi) is 4.64. The molecule has 0 aromatic heterocycles. The van der Waals surface area contributed by atoms with Crippen LogP contribution in [-0.4, -0.2) is 47.7 Å². The Morgan fingerprint density at radius 3 is 2.90 bits per heavy atom. The molecule has 0 saturated carbocycles. The Morgan fingerprint density at radius 2 is 2.07 bits per heavy atom. The number of fused-ring (bicyclic) bond motifs is 4. The molecule has 3 heterocycles. The third-order valence-corrected chi connectivity index (χ3v) is 8.21. The van der Waals surface area contributed by atoms with Gasteiger partial charge in [0.05, 0.1) is 5.92 Å². The SMILES string of the molecule is CSc1cccc(NC(=O)[C@@H]2C[C@@H]3CSCN3[C@@]23C(=O)N(C)c2ccccc23)c1. The number of nitrogens with one attached hydrogen (secondary N) is 1. The number of amides is 2. The third kappa shape index (κ3) is 2.67. The first-order valence-electron chi connectivity index (χ1n) is 9.74. The average molecular weight is 426 g/mol. The normalized spacial score (nSPS) is 28.1. The molecule has 2 aromatic rings. The van der Waals surface area contributed by atoms with Crippen LogP contribution in [0, 0.1) is 5.92 Å². The van der Waals surface area contributed by atoms with Crippen molar-refractivity contribution in [1.82, 2.24) is 4.90 Å². The van der Waals surface area contributed by atoms with E-state index >= 15 is 0 Å². The van der Waals surface area contributed by atoms with Crippen LogP contribution in [0.5, 0.6) is 0 Å². The maximum absolute atomic E-state index is 13.7. The van der Waals surface area contributed by atoms with E-state index in [2.05, 4.69) is 10.2 Å². The summed E-state index contributed by atoms with van der Waals surface area (Å²) in [6.07, 6.45) is 2.72. The van der Waals surface area contributed by atoms with Gasteiger partial charge < -0.3 is 10.2 Å². The zero-order chi connectivity index (χ0) is 20.2. The van der Waals surface area contributed by atoms with Gasteiger partial charge in [0.25, 0.3) is 5.91 Å². The smallest absolute Gasteiger partial charge is 0.252 e. The van der Waals surface area contributed by atoms with Crippen molar-refractivity contribution in [2.24, 2.45) is 5.92 Å². The molecule has 2 aromatic carbocycles. The van der Waals surface area contributed by atoms with Gasteiger partial charge >= 0.3 is 0 Å². The summed E-state index contributed by atoms with van der Waals surface area (Å²) >= 11 is 3.49. The number of para-hydroxylation sites is 1. The van der Waals surface area contributed by atoms with Crippen LogP contribution in [0.25, 0.3) is 0 Å².